The second kappa shape index (κ2) is 8.78. The first kappa shape index (κ1) is 26.5. The molecule has 1 aliphatic heterocycles. The molecule has 6 nitrogen and oxygen atoms in total. The summed E-state index contributed by atoms with van der Waals surface area (Å²) in [7, 11) is 0. The van der Waals surface area contributed by atoms with Crippen LogP contribution in [0.25, 0.3) is 0 Å². The third-order valence-corrected chi connectivity index (χ3v) is 10.6. The molecule has 6 heteroatoms. The molecule has 1 heterocycles. The predicted molar refractivity (Wildman–Crippen MR) is 135 cm³/mol. The molecule has 196 valence electrons. The Morgan fingerprint density at radius 3 is 2.14 bits per heavy atom. The Labute approximate surface area is 211 Å². The number of carbonyl (C=O) groups is 4. The van der Waals surface area contributed by atoms with Crippen LogP contribution in [0.3, 0.4) is 0 Å². The van der Waals surface area contributed by atoms with Gasteiger partial charge in [0.15, 0.2) is 11.6 Å². The van der Waals surface area contributed by atoms with Gasteiger partial charge in [0, 0.05) is 30.7 Å². The maximum Gasteiger partial charge on any atom is 0.240 e. The smallest absolute Gasteiger partial charge is 0.240 e. The SMILES string of the molecule is CCCC(CC(=O)[C@@H]1C[C@@]2(CN1C(=O)[C@@H](N)C(C)(C)C)C(C)(C)C21CCC1)C(=O)C(=O)CC1CC1. The van der Waals surface area contributed by atoms with Crippen molar-refractivity contribution in [1.82, 2.24) is 4.90 Å². The van der Waals surface area contributed by atoms with E-state index in [1.54, 1.807) is 4.90 Å². The summed E-state index contributed by atoms with van der Waals surface area (Å²) in [4.78, 5) is 54.8. The van der Waals surface area contributed by atoms with Gasteiger partial charge in [-0.15, -0.1) is 0 Å². The van der Waals surface area contributed by atoms with Crippen LogP contribution in [-0.2, 0) is 19.2 Å². The summed E-state index contributed by atoms with van der Waals surface area (Å²) >= 11 is 0. The van der Waals surface area contributed by atoms with Crippen LogP contribution in [0.4, 0.5) is 0 Å². The van der Waals surface area contributed by atoms with E-state index in [1.165, 1.54) is 6.42 Å². The number of fused-ring (bicyclic) bond motifs is 1. The average Bonchev–Trinajstić information content (AvgIpc) is 3.56. The van der Waals surface area contributed by atoms with Crippen molar-refractivity contribution in [3.05, 3.63) is 0 Å². The fourth-order valence-electron chi connectivity index (χ4n) is 7.63. The minimum absolute atomic E-state index is 0.0474. The molecule has 1 unspecified atom stereocenters. The normalized spacial score (nSPS) is 30.1. The molecular formula is C29H46N2O4. The number of rotatable bonds is 10. The minimum Gasteiger partial charge on any atom is -0.331 e. The van der Waals surface area contributed by atoms with Gasteiger partial charge in [-0.05, 0) is 60.7 Å². The lowest BCUT2D eigenvalue weighted by Gasteiger charge is -2.33. The Morgan fingerprint density at radius 1 is 1.06 bits per heavy atom. The Bertz CT molecular complexity index is 908. The first-order valence-electron chi connectivity index (χ1n) is 13.9. The summed E-state index contributed by atoms with van der Waals surface area (Å²) in [6.45, 7) is 13.0. The van der Waals surface area contributed by atoms with Crippen molar-refractivity contribution in [1.29, 1.82) is 0 Å². The lowest BCUT2D eigenvalue weighted by molar-refractivity contribution is -0.143. The quantitative estimate of drug-likeness (QED) is 0.460. The van der Waals surface area contributed by atoms with Gasteiger partial charge in [0.1, 0.15) is 0 Å². The van der Waals surface area contributed by atoms with Crippen LogP contribution < -0.4 is 5.73 Å². The summed E-state index contributed by atoms with van der Waals surface area (Å²) < 4.78 is 0. The van der Waals surface area contributed by atoms with Crippen molar-refractivity contribution in [2.75, 3.05) is 6.54 Å². The van der Waals surface area contributed by atoms with E-state index in [-0.39, 0.29) is 45.9 Å². The van der Waals surface area contributed by atoms with E-state index in [0.717, 1.165) is 32.1 Å². The van der Waals surface area contributed by atoms with E-state index in [4.69, 9.17) is 5.73 Å². The van der Waals surface area contributed by atoms with Crippen LogP contribution in [0.1, 0.15) is 106 Å². The van der Waals surface area contributed by atoms with Gasteiger partial charge >= 0.3 is 0 Å². The maximum absolute atomic E-state index is 13.8. The number of likely N-dealkylation sites (tertiary alicyclic amines) is 1. The molecule has 35 heavy (non-hydrogen) atoms. The molecule has 4 fully saturated rings. The van der Waals surface area contributed by atoms with Crippen molar-refractivity contribution in [3.8, 4) is 0 Å². The summed E-state index contributed by atoms with van der Waals surface area (Å²) in [5.41, 5.74) is 6.23. The van der Waals surface area contributed by atoms with Crippen LogP contribution in [0.2, 0.25) is 0 Å². The minimum atomic E-state index is -0.694. The van der Waals surface area contributed by atoms with Gasteiger partial charge in [-0.25, -0.2) is 0 Å². The predicted octanol–water partition coefficient (Wildman–Crippen LogP) is 4.47. The van der Waals surface area contributed by atoms with Crippen molar-refractivity contribution in [2.24, 2.45) is 39.2 Å². The van der Waals surface area contributed by atoms with Crippen LogP contribution in [0, 0.1) is 33.5 Å². The molecule has 0 aromatic rings. The van der Waals surface area contributed by atoms with Crippen molar-refractivity contribution < 1.29 is 19.2 Å². The molecule has 4 atom stereocenters. The monoisotopic (exact) mass is 486 g/mol. The molecule has 0 aromatic heterocycles. The molecular weight excluding hydrogens is 440 g/mol. The maximum atomic E-state index is 13.8. The van der Waals surface area contributed by atoms with E-state index in [0.29, 0.717) is 31.7 Å². The number of nitrogens with two attached hydrogens (primary N) is 1. The largest absolute Gasteiger partial charge is 0.331 e. The average molecular weight is 487 g/mol. The van der Waals surface area contributed by atoms with E-state index < -0.39 is 23.4 Å². The standard InChI is InChI=1S/C29H46N2O4/c1-7-9-19(23(34)22(33)14-18-10-11-18)15-21(32)20-16-29(27(5,6)28(29)12-8-13-28)17-31(20)25(35)24(30)26(2,3)4/h18-20,24H,7-17,30H2,1-6H3/t19?,20-,24+,29+/m0/s1. The zero-order chi connectivity index (χ0) is 26.0. The first-order valence-corrected chi connectivity index (χ1v) is 13.9. The highest BCUT2D eigenvalue weighted by Gasteiger charge is 2.85. The molecule has 3 aliphatic carbocycles. The number of ketones is 3. The van der Waals surface area contributed by atoms with Crippen molar-refractivity contribution >= 4 is 23.3 Å². The zero-order valence-corrected chi connectivity index (χ0v) is 22.7. The summed E-state index contributed by atoms with van der Waals surface area (Å²) in [5.74, 6) is -1.16. The number of nitrogens with zero attached hydrogens (tertiary/aromatic N) is 1. The van der Waals surface area contributed by atoms with E-state index in [9.17, 15) is 19.2 Å². The van der Waals surface area contributed by atoms with Gasteiger partial charge in [0.2, 0.25) is 11.7 Å². The highest BCUT2D eigenvalue weighted by Crippen LogP contribution is 2.88. The fraction of sp³-hybridized carbons (Fsp3) is 0.862. The molecule has 4 rings (SSSR count). The van der Waals surface area contributed by atoms with E-state index in [2.05, 4.69) is 13.8 Å². The van der Waals surface area contributed by atoms with Gasteiger partial charge in [0.05, 0.1) is 12.1 Å². The van der Waals surface area contributed by atoms with Gasteiger partial charge in [-0.3, -0.25) is 19.2 Å². The van der Waals surface area contributed by atoms with Gasteiger partial charge < -0.3 is 10.6 Å². The summed E-state index contributed by atoms with van der Waals surface area (Å²) in [5, 5.41) is 0. The molecule has 0 bridgehead atoms. The van der Waals surface area contributed by atoms with Crippen LogP contribution in [0.15, 0.2) is 0 Å². The second-order valence-corrected chi connectivity index (χ2v) is 13.8. The number of carbonyl (C=O) groups excluding carboxylic acids is 4. The Hall–Kier alpha value is -1.56. The Kier molecular flexibility index (Phi) is 6.65. The van der Waals surface area contributed by atoms with E-state index in [1.807, 2.05) is 27.7 Å². The molecule has 0 aromatic carbocycles. The summed E-state index contributed by atoms with van der Waals surface area (Å²) in [6, 6.07) is -1.25. The van der Waals surface area contributed by atoms with Crippen LogP contribution in [-0.4, -0.2) is 46.8 Å². The number of amides is 1. The fourth-order valence-corrected chi connectivity index (χ4v) is 7.63. The molecule has 1 amide bonds. The zero-order valence-electron chi connectivity index (χ0n) is 22.7. The highest BCUT2D eigenvalue weighted by atomic mass is 16.2. The van der Waals surface area contributed by atoms with E-state index >= 15 is 0 Å². The first-order chi connectivity index (χ1) is 16.2. The van der Waals surface area contributed by atoms with Crippen LogP contribution in [0.5, 0.6) is 0 Å². The van der Waals surface area contributed by atoms with Gasteiger partial charge in [-0.1, -0.05) is 54.4 Å². The highest BCUT2D eigenvalue weighted by molar-refractivity contribution is 6.38. The van der Waals surface area contributed by atoms with Gasteiger partial charge in [0.25, 0.3) is 0 Å². The number of hydrogen-bond donors (Lipinski definition) is 1. The third-order valence-electron chi connectivity index (χ3n) is 10.6. The second-order valence-electron chi connectivity index (χ2n) is 13.8. The van der Waals surface area contributed by atoms with Gasteiger partial charge in [-0.2, -0.15) is 0 Å². The molecule has 3 saturated carbocycles. The Morgan fingerprint density at radius 2 is 1.69 bits per heavy atom. The molecule has 2 N–H and O–H groups in total. The number of hydrogen-bond acceptors (Lipinski definition) is 5. The topological polar surface area (TPSA) is 97.5 Å². The summed E-state index contributed by atoms with van der Waals surface area (Å²) in [6.07, 6.45) is 7.84. The molecule has 1 saturated heterocycles. The third kappa shape index (κ3) is 4.12. The lowest BCUT2D eigenvalue weighted by atomic mass is 9.73. The molecule has 2 spiro atoms. The molecule has 0 radical (unpaired) electrons. The Balaban J connectivity index is 1.56. The van der Waals surface area contributed by atoms with Crippen LogP contribution >= 0.6 is 0 Å². The number of Topliss-reactive ketones (excluding diaryl/α,β-unsaturated/α-hetero) is 3. The lowest BCUT2D eigenvalue weighted by Crippen LogP contribution is -2.53. The van der Waals surface area contributed by atoms with Crippen molar-refractivity contribution in [3.63, 3.8) is 0 Å². The van der Waals surface area contributed by atoms with Crippen molar-refractivity contribution in [2.45, 2.75) is 118 Å². The molecule has 4 aliphatic rings.